The monoisotopic (exact) mass is 297 g/mol. The zero-order chi connectivity index (χ0) is 14.6. The van der Waals surface area contributed by atoms with Gasteiger partial charge in [-0.3, -0.25) is 0 Å². The number of phenolic OH excluding ortho intramolecular Hbond substituents is 1. The second-order valence-corrected chi connectivity index (χ2v) is 6.02. The first-order valence-corrected chi connectivity index (χ1v) is 7.81. The molecular weight excluding hydrogens is 274 g/mol. The SMILES string of the molecule is CCC1(CC)CC(NCc2cc(Cl)ccc2O)CCO1. The predicted molar refractivity (Wildman–Crippen MR) is 82.2 cm³/mol. The Hall–Kier alpha value is -0.770. The smallest absolute Gasteiger partial charge is 0.120 e. The fraction of sp³-hybridized carbons (Fsp3) is 0.625. The number of benzene rings is 1. The Balaban J connectivity index is 1.95. The Labute approximate surface area is 126 Å². The van der Waals surface area contributed by atoms with Gasteiger partial charge in [-0.05, 0) is 43.9 Å². The number of ether oxygens (including phenoxy) is 1. The van der Waals surface area contributed by atoms with Gasteiger partial charge in [0.1, 0.15) is 5.75 Å². The van der Waals surface area contributed by atoms with Gasteiger partial charge in [0.25, 0.3) is 0 Å². The van der Waals surface area contributed by atoms with Gasteiger partial charge in [-0.15, -0.1) is 0 Å². The summed E-state index contributed by atoms with van der Waals surface area (Å²) in [6, 6.07) is 5.59. The van der Waals surface area contributed by atoms with E-state index in [-0.39, 0.29) is 5.60 Å². The summed E-state index contributed by atoms with van der Waals surface area (Å²) < 4.78 is 5.98. The van der Waals surface area contributed by atoms with Crippen molar-refractivity contribution in [1.82, 2.24) is 5.32 Å². The molecule has 112 valence electrons. The molecule has 1 aliphatic rings. The van der Waals surface area contributed by atoms with E-state index in [0.29, 0.717) is 23.4 Å². The quantitative estimate of drug-likeness (QED) is 0.867. The van der Waals surface area contributed by atoms with Crippen LogP contribution in [0.4, 0.5) is 0 Å². The molecule has 4 heteroatoms. The van der Waals surface area contributed by atoms with Crippen molar-refractivity contribution >= 4 is 11.6 Å². The maximum Gasteiger partial charge on any atom is 0.120 e. The maximum absolute atomic E-state index is 9.84. The van der Waals surface area contributed by atoms with Crippen molar-refractivity contribution in [3.05, 3.63) is 28.8 Å². The average Bonchev–Trinajstić information content (AvgIpc) is 2.48. The summed E-state index contributed by atoms with van der Waals surface area (Å²) in [5, 5.41) is 14.0. The third-order valence-electron chi connectivity index (χ3n) is 4.40. The molecule has 1 unspecified atom stereocenters. The van der Waals surface area contributed by atoms with E-state index in [4.69, 9.17) is 16.3 Å². The molecule has 1 aromatic rings. The Morgan fingerprint density at radius 1 is 1.40 bits per heavy atom. The molecule has 0 saturated carbocycles. The summed E-state index contributed by atoms with van der Waals surface area (Å²) in [6.45, 7) is 5.82. The van der Waals surface area contributed by atoms with Crippen LogP contribution < -0.4 is 5.32 Å². The van der Waals surface area contributed by atoms with E-state index >= 15 is 0 Å². The largest absolute Gasteiger partial charge is 0.508 e. The van der Waals surface area contributed by atoms with E-state index in [2.05, 4.69) is 19.2 Å². The number of phenols is 1. The zero-order valence-electron chi connectivity index (χ0n) is 12.3. The Morgan fingerprint density at radius 2 is 2.15 bits per heavy atom. The summed E-state index contributed by atoms with van der Waals surface area (Å²) in [5.74, 6) is 0.297. The molecule has 0 aliphatic carbocycles. The minimum absolute atomic E-state index is 0.0201. The van der Waals surface area contributed by atoms with Gasteiger partial charge in [0.2, 0.25) is 0 Å². The molecule has 0 bridgehead atoms. The first-order valence-electron chi connectivity index (χ1n) is 7.43. The van der Waals surface area contributed by atoms with Crippen LogP contribution in [0.5, 0.6) is 5.75 Å². The molecule has 2 rings (SSSR count). The van der Waals surface area contributed by atoms with E-state index in [1.807, 2.05) is 6.07 Å². The van der Waals surface area contributed by atoms with E-state index in [0.717, 1.165) is 37.9 Å². The Kier molecular flexibility index (Phi) is 5.30. The molecule has 3 nitrogen and oxygen atoms in total. The molecule has 0 radical (unpaired) electrons. The standard InChI is InChI=1S/C16H24ClNO2/c1-3-16(4-2)10-14(7-8-20-16)18-11-12-9-13(17)5-6-15(12)19/h5-6,9,14,18-19H,3-4,7-8,10-11H2,1-2H3. The number of halogens is 1. The van der Waals surface area contributed by atoms with Crippen LogP contribution in [0.2, 0.25) is 5.02 Å². The highest BCUT2D eigenvalue weighted by atomic mass is 35.5. The van der Waals surface area contributed by atoms with Crippen LogP contribution in [-0.2, 0) is 11.3 Å². The highest BCUT2D eigenvalue weighted by Crippen LogP contribution is 2.31. The van der Waals surface area contributed by atoms with Crippen LogP contribution in [-0.4, -0.2) is 23.4 Å². The van der Waals surface area contributed by atoms with Crippen LogP contribution in [0.25, 0.3) is 0 Å². The topological polar surface area (TPSA) is 41.5 Å². The maximum atomic E-state index is 9.84. The first-order chi connectivity index (χ1) is 9.58. The summed E-state index contributed by atoms with van der Waals surface area (Å²) in [7, 11) is 0. The molecule has 20 heavy (non-hydrogen) atoms. The number of hydrogen-bond donors (Lipinski definition) is 2. The lowest BCUT2D eigenvalue weighted by Gasteiger charge is -2.40. The molecule has 1 aromatic carbocycles. The fourth-order valence-electron chi connectivity index (χ4n) is 2.89. The predicted octanol–water partition coefficient (Wildman–Crippen LogP) is 3.87. The van der Waals surface area contributed by atoms with Gasteiger partial charge in [-0.25, -0.2) is 0 Å². The molecule has 1 fully saturated rings. The van der Waals surface area contributed by atoms with E-state index < -0.39 is 0 Å². The normalized spacial score (nSPS) is 21.9. The van der Waals surface area contributed by atoms with Crippen molar-refractivity contribution in [3.8, 4) is 5.75 Å². The molecule has 1 atom stereocenters. The summed E-state index contributed by atoms with van der Waals surface area (Å²) >= 11 is 5.97. The lowest BCUT2D eigenvalue weighted by molar-refractivity contribution is -0.0932. The number of rotatable bonds is 5. The lowest BCUT2D eigenvalue weighted by atomic mass is 9.86. The van der Waals surface area contributed by atoms with Gasteiger partial charge in [0.05, 0.1) is 5.60 Å². The van der Waals surface area contributed by atoms with Gasteiger partial charge in [0.15, 0.2) is 0 Å². The fourth-order valence-corrected chi connectivity index (χ4v) is 3.09. The van der Waals surface area contributed by atoms with Crippen molar-refractivity contribution in [2.75, 3.05) is 6.61 Å². The molecule has 0 aromatic heterocycles. The van der Waals surface area contributed by atoms with Gasteiger partial charge in [-0.1, -0.05) is 25.4 Å². The number of hydrogen-bond acceptors (Lipinski definition) is 3. The third kappa shape index (κ3) is 3.66. The molecular formula is C16H24ClNO2. The van der Waals surface area contributed by atoms with Gasteiger partial charge in [-0.2, -0.15) is 0 Å². The zero-order valence-corrected chi connectivity index (χ0v) is 13.0. The Morgan fingerprint density at radius 3 is 2.85 bits per heavy atom. The Bertz CT molecular complexity index is 446. The number of nitrogens with one attached hydrogen (secondary N) is 1. The van der Waals surface area contributed by atoms with Gasteiger partial charge in [0, 0.05) is 29.8 Å². The minimum atomic E-state index is 0.0201. The molecule has 1 heterocycles. The molecule has 2 N–H and O–H groups in total. The molecule has 1 saturated heterocycles. The minimum Gasteiger partial charge on any atom is -0.508 e. The van der Waals surface area contributed by atoms with Crippen LogP contribution >= 0.6 is 11.6 Å². The van der Waals surface area contributed by atoms with E-state index in [1.54, 1.807) is 12.1 Å². The highest BCUT2D eigenvalue weighted by Gasteiger charge is 2.34. The average molecular weight is 298 g/mol. The molecule has 0 spiro atoms. The van der Waals surface area contributed by atoms with Crippen LogP contribution in [0.1, 0.15) is 45.1 Å². The van der Waals surface area contributed by atoms with Gasteiger partial charge < -0.3 is 15.2 Å². The second-order valence-electron chi connectivity index (χ2n) is 5.58. The van der Waals surface area contributed by atoms with E-state index in [9.17, 15) is 5.11 Å². The third-order valence-corrected chi connectivity index (χ3v) is 4.64. The van der Waals surface area contributed by atoms with Crippen LogP contribution in [0.15, 0.2) is 18.2 Å². The van der Waals surface area contributed by atoms with Crippen molar-refractivity contribution in [2.45, 2.75) is 57.7 Å². The molecule has 0 amide bonds. The van der Waals surface area contributed by atoms with Crippen molar-refractivity contribution < 1.29 is 9.84 Å². The van der Waals surface area contributed by atoms with Crippen molar-refractivity contribution in [3.63, 3.8) is 0 Å². The van der Waals surface area contributed by atoms with Crippen molar-refractivity contribution in [2.24, 2.45) is 0 Å². The van der Waals surface area contributed by atoms with Crippen molar-refractivity contribution in [1.29, 1.82) is 0 Å². The van der Waals surface area contributed by atoms with Crippen LogP contribution in [0, 0.1) is 0 Å². The van der Waals surface area contributed by atoms with Crippen LogP contribution in [0.3, 0.4) is 0 Å². The van der Waals surface area contributed by atoms with Gasteiger partial charge >= 0.3 is 0 Å². The second kappa shape index (κ2) is 6.79. The summed E-state index contributed by atoms with van der Waals surface area (Å²) in [4.78, 5) is 0. The van der Waals surface area contributed by atoms with E-state index in [1.165, 1.54) is 0 Å². The number of aromatic hydroxyl groups is 1. The molecule has 1 aliphatic heterocycles. The summed E-state index contributed by atoms with van der Waals surface area (Å²) in [6.07, 6.45) is 4.14. The first kappa shape index (κ1) is 15.6. The summed E-state index contributed by atoms with van der Waals surface area (Å²) in [5.41, 5.74) is 0.870. The highest BCUT2D eigenvalue weighted by molar-refractivity contribution is 6.30. The lowest BCUT2D eigenvalue weighted by Crippen LogP contribution is -2.46.